The molecule has 1 aliphatic carbocycles. The smallest absolute Gasteiger partial charge is 0.119 e. The Labute approximate surface area is 135 Å². The van der Waals surface area contributed by atoms with Crippen molar-refractivity contribution < 1.29 is 9.47 Å². The minimum absolute atomic E-state index is 0.357. The minimum Gasteiger partial charge on any atom is -0.494 e. The van der Waals surface area contributed by atoms with Crippen molar-refractivity contribution in [3.8, 4) is 5.75 Å². The first-order chi connectivity index (χ1) is 10.3. The van der Waals surface area contributed by atoms with Gasteiger partial charge < -0.3 is 14.8 Å². The molecular formula is C17H24BrNO2. The maximum atomic E-state index is 5.92. The van der Waals surface area contributed by atoms with Crippen LogP contribution in [-0.2, 0) is 4.74 Å². The summed E-state index contributed by atoms with van der Waals surface area (Å²) in [4.78, 5) is 0. The van der Waals surface area contributed by atoms with Crippen LogP contribution < -0.4 is 10.1 Å². The lowest BCUT2D eigenvalue weighted by Crippen LogP contribution is -2.41. The van der Waals surface area contributed by atoms with Crippen molar-refractivity contribution in [1.82, 2.24) is 5.32 Å². The van der Waals surface area contributed by atoms with Gasteiger partial charge in [0.15, 0.2) is 0 Å². The van der Waals surface area contributed by atoms with Crippen LogP contribution in [0.5, 0.6) is 5.75 Å². The Morgan fingerprint density at radius 3 is 2.57 bits per heavy atom. The van der Waals surface area contributed by atoms with Gasteiger partial charge in [-0.2, -0.15) is 0 Å². The van der Waals surface area contributed by atoms with E-state index in [2.05, 4.69) is 21.2 Å². The summed E-state index contributed by atoms with van der Waals surface area (Å²) in [5, 5.41) is 3.71. The van der Waals surface area contributed by atoms with Crippen molar-refractivity contribution in [3.05, 3.63) is 28.7 Å². The Balaban J connectivity index is 1.49. The second-order valence-corrected chi connectivity index (χ2v) is 7.24. The van der Waals surface area contributed by atoms with Gasteiger partial charge in [-0.05, 0) is 61.8 Å². The van der Waals surface area contributed by atoms with Gasteiger partial charge in [0, 0.05) is 30.3 Å². The molecular weight excluding hydrogens is 330 g/mol. The van der Waals surface area contributed by atoms with Gasteiger partial charge in [0.1, 0.15) is 5.75 Å². The van der Waals surface area contributed by atoms with Gasteiger partial charge in [0.2, 0.25) is 0 Å². The molecule has 0 radical (unpaired) electrons. The summed E-state index contributed by atoms with van der Waals surface area (Å²) in [5.74, 6) is 0.954. The monoisotopic (exact) mass is 353 g/mol. The van der Waals surface area contributed by atoms with E-state index in [1.54, 1.807) is 0 Å². The topological polar surface area (TPSA) is 30.5 Å². The third kappa shape index (κ3) is 4.70. The predicted molar refractivity (Wildman–Crippen MR) is 87.8 cm³/mol. The lowest BCUT2D eigenvalue weighted by atomic mass is 9.77. The van der Waals surface area contributed by atoms with Crippen molar-refractivity contribution in [1.29, 1.82) is 0 Å². The molecule has 0 unspecified atom stereocenters. The fourth-order valence-corrected chi connectivity index (χ4v) is 3.15. The molecule has 1 heterocycles. The fraction of sp³-hybridized carbons (Fsp3) is 0.647. The minimum atomic E-state index is 0.357. The van der Waals surface area contributed by atoms with Crippen LogP contribution in [-0.4, -0.2) is 32.4 Å². The van der Waals surface area contributed by atoms with Crippen LogP contribution in [0.4, 0.5) is 0 Å². The molecule has 0 amide bonds. The van der Waals surface area contributed by atoms with E-state index in [9.17, 15) is 0 Å². The largest absolute Gasteiger partial charge is 0.494 e. The summed E-state index contributed by atoms with van der Waals surface area (Å²) in [6.07, 6.45) is 6.10. The molecule has 0 bridgehead atoms. The molecule has 1 aromatic carbocycles. The summed E-state index contributed by atoms with van der Waals surface area (Å²) < 4.78 is 12.6. The van der Waals surface area contributed by atoms with Crippen LogP contribution in [0.15, 0.2) is 28.7 Å². The lowest BCUT2D eigenvalue weighted by Gasteiger charge is -2.37. The summed E-state index contributed by atoms with van der Waals surface area (Å²) in [6.45, 7) is 3.69. The number of nitrogens with one attached hydrogen (secondary N) is 1. The van der Waals surface area contributed by atoms with E-state index in [1.807, 2.05) is 24.3 Å². The molecule has 2 fully saturated rings. The molecule has 1 saturated heterocycles. The van der Waals surface area contributed by atoms with Crippen LogP contribution >= 0.6 is 15.9 Å². The Morgan fingerprint density at radius 1 is 1.19 bits per heavy atom. The first-order valence-corrected chi connectivity index (χ1v) is 8.75. The van der Waals surface area contributed by atoms with E-state index in [1.165, 1.54) is 12.8 Å². The van der Waals surface area contributed by atoms with Crippen LogP contribution in [0.25, 0.3) is 0 Å². The number of ether oxygens (including phenoxy) is 2. The fourth-order valence-electron chi connectivity index (χ4n) is 2.88. The molecule has 0 aromatic heterocycles. The number of benzene rings is 1. The third-order valence-electron chi connectivity index (χ3n) is 4.61. The Bertz CT molecular complexity index is 439. The summed E-state index contributed by atoms with van der Waals surface area (Å²) in [5.41, 5.74) is 0.357. The maximum absolute atomic E-state index is 5.92. The number of hydrogen-bond donors (Lipinski definition) is 1. The molecule has 3 nitrogen and oxygen atoms in total. The molecule has 4 heteroatoms. The highest BCUT2D eigenvalue weighted by atomic mass is 79.9. The first-order valence-electron chi connectivity index (χ1n) is 7.95. The van der Waals surface area contributed by atoms with Crippen LogP contribution in [0, 0.1) is 5.41 Å². The van der Waals surface area contributed by atoms with E-state index < -0.39 is 0 Å². The number of rotatable bonds is 7. The zero-order valence-corrected chi connectivity index (χ0v) is 14.0. The predicted octanol–water partition coefficient (Wildman–Crippen LogP) is 3.77. The highest BCUT2D eigenvalue weighted by Gasteiger charge is 2.34. The summed E-state index contributed by atoms with van der Waals surface area (Å²) in [6, 6.07) is 8.85. The highest BCUT2D eigenvalue weighted by Crippen LogP contribution is 2.35. The molecule has 1 N–H and O–H groups in total. The molecule has 21 heavy (non-hydrogen) atoms. The molecule has 0 atom stereocenters. The average Bonchev–Trinajstić information content (AvgIpc) is 3.33. The first kappa shape index (κ1) is 15.3. The molecule has 1 aromatic rings. The second kappa shape index (κ2) is 7.12. The van der Waals surface area contributed by atoms with Gasteiger partial charge >= 0.3 is 0 Å². The van der Waals surface area contributed by atoms with Crippen LogP contribution in [0.2, 0.25) is 0 Å². The summed E-state index contributed by atoms with van der Waals surface area (Å²) in [7, 11) is 0. The van der Waals surface area contributed by atoms with Crippen molar-refractivity contribution in [3.63, 3.8) is 0 Å². The Kier molecular flexibility index (Phi) is 5.19. The van der Waals surface area contributed by atoms with Gasteiger partial charge in [-0.1, -0.05) is 15.9 Å². The van der Waals surface area contributed by atoms with Gasteiger partial charge in [-0.3, -0.25) is 0 Å². The van der Waals surface area contributed by atoms with E-state index in [-0.39, 0.29) is 0 Å². The van der Waals surface area contributed by atoms with Gasteiger partial charge in [-0.25, -0.2) is 0 Å². The average molecular weight is 354 g/mol. The molecule has 1 saturated carbocycles. The maximum Gasteiger partial charge on any atom is 0.119 e. The Morgan fingerprint density at radius 2 is 1.90 bits per heavy atom. The van der Waals surface area contributed by atoms with Crippen molar-refractivity contribution in [2.24, 2.45) is 5.41 Å². The van der Waals surface area contributed by atoms with E-state index in [0.717, 1.165) is 61.9 Å². The van der Waals surface area contributed by atoms with Crippen LogP contribution in [0.1, 0.15) is 32.1 Å². The van der Waals surface area contributed by atoms with E-state index in [4.69, 9.17) is 9.47 Å². The number of halogens is 1. The van der Waals surface area contributed by atoms with E-state index in [0.29, 0.717) is 5.41 Å². The van der Waals surface area contributed by atoms with E-state index >= 15 is 0 Å². The van der Waals surface area contributed by atoms with Crippen LogP contribution in [0.3, 0.4) is 0 Å². The van der Waals surface area contributed by atoms with Gasteiger partial charge in [0.25, 0.3) is 0 Å². The van der Waals surface area contributed by atoms with Crippen molar-refractivity contribution >= 4 is 15.9 Å². The summed E-state index contributed by atoms with van der Waals surface area (Å²) >= 11 is 3.45. The number of hydrogen-bond acceptors (Lipinski definition) is 3. The normalized spacial score (nSPS) is 21.2. The second-order valence-electron chi connectivity index (χ2n) is 6.32. The standard InChI is InChI=1S/C17H24BrNO2/c18-14-1-5-16(6-2-14)21-12-9-17(7-10-20-11-8-17)13-19-15-3-4-15/h1-2,5-6,15,19H,3-4,7-13H2. The molecule has 2 aliphatic rings. The molecule has 3 rings (SSSR count). The highest BCUT2D eigenvalue weighted by molar-refractivity contribution is 9.10. The molecule has 1 aliphatic heterocycles. The van der Waals surface area contributed by atoms with Crippen molar-refractivity contribution in [2.45, 2.75) is 38.1 Å². The quantitative estimate of drug-likeness (QED) is 0.809. The molecule has 116 valence electrons. The Hall–Kier alpha value is -0.580. The van der Waals surface area contributed by atoms with Gasteiger partial charge in [0.05, 0.1) is 6.61 Å². The van der Waals surface area contributed by atoms with Gasteiger partial charge in [-0.15, -0.1) is 0 Å². The zero-order valence-electron chi connectivity index (χ0n) is 12.4. The lowest BCUT2D eigenvalue weighted by molar-refractivity contribution is 0.00406. The third-order valence-corrected chi connectivity index (χ3v) is 5.14. The zero-order chi connectivity index (χ0) is 14.5. The van der Waals surface area contributed by atoms with Crippen molar-refractivity contribution in [2.75, 3.05) is 26.4 Å². The molecule has 0 spiro atoms. The SMILES string of the molecule is Brc1ccc(OCCC2(CNC3CC3)CCOCC2)cc1.